The number of nitrogens with zero attached hydrogens (tertiary/aromatic N) is 1. The van der Waals surface area contributed by atoms with Gasteiger partial charge in [0, 0.05) is 13.1 Å². The van der Waals surface area contributed by atoms with E-state index in [0.717, 1.165) is 19.8 Å². The second kappa shape index (κ2) is 4.41. The molecular formula is C6H14ClN3O. The van der Waals surface area contributed by atoms with Gasteiger partial charge in [-0.25, -0.2) is 4.79 Å². The zero-order valence-electron chi connectivity index (χ0n) is 6.85. The predicted octanol–water partition coefficient (Wildman–Crippen LogP) is -4.88. The highest BCUT2D eigenvalue weighted by molar-refractivity contribution is 5.75. The van der Waals surface area contributed by atoms with Crippen molar-refractivity contribution in [3.05, 3.63) is 0 Å². The molecule has 0 aromatic heterocycles. The zero-order chi connectivity index (χ0) is 7.56. The van der Waals surface area contributed by atoms with Gasteiger partial charge in [-0.2, -0.15) is 0 Å². The molecule has 2 amide bonds. The second-order valence-corrected chi connectivity index (χ2v) is 2.86. The van der Waals surface area contributed by atoms with Crippen molar-refractivity contribution in [2.45, 2.75) is 0 Å². The predicted molar refractivity (Wildman–Crippen MR) is 37.8 cm³/mol. The van der Waals surface area contributed by atoms with Gasteiger partial charge in [-0.1, -0.05) is 0 Å². The van der Waals surface area contributed by atoms with Crippen molar-refractivity contribution >= 4 is 6.03 Å². The molecule has 1 saturated heterocycles. The molecule has 0 aromatic rings. The first-order chi connectivity index (χ1) is 4.70. The highest BCUT2D eigenvalue weighted by Gasteiger charge is 2.20. The van der Waals surface area contributed by atoms with Crippen molar-refractivity contribution in [2.24, 2.45) is 0 Å². The van der Waals surface area contributed by atoms with E-state index >= 15 is 0 Å². The van der Waals surface area contributed by atoms with E-state index in [1.54, 1.807) is 0 Å². The Morgan fingerprint density at radius 1 is 1.64 bits per heavy atom. The fourth-order valence-electron chi connectivity index (χ4n) is 1.04. The van der Waals surface area contributed by atoms with Crippen LogP contribution in [0.4, 0.5) is 4.79 Å². The minimum Gasteiger partial charge on any atom is -1.00 e. The second-order valence-electron chi connectivity index (χ2n) is 2.86. The Hall–Kier alpha value is -0.480. The molecule has 4 nitrogen and oxygen atoms in total. The summed E-state index contributed by atoms with van der Waals surface area (Å²) in [6.45, 7) is 2.45. The Balaban J connectivity index is 0.000001000. The van der Waals surface area contributed by atoms with E-state index in [4.69, 9.17) is 0 Å². The summed E-state index contributed by atoms with van der Waals surface area (Å²) in [5.74, 6) is 0. The SMILES string of the molecule is C[NH+](C)CN1CCNC1=O.[Cl-]. The van der Waals surface area contributed by atoms with E-state index in [1.165, 1.54) is 4.90 Å². The van der Waals surface area contributed by atoms with Gasteiger partial charge >= 0.3 is 6.03 Å². The number of carbonyl (C=O) groups is 1. The number of halogens is 1. The lowest BCUT2D eigenvalue weighted by Gasteiger charge is -2.15. The van der Waals surface area contributed by atoms with E-state index in [1.807, 2.05) is 19.0 Å². The summed E-state index contributed by atoms with van der Waals surface area (Å²) in [5.41, 5.74) is 0. The Morgan fingerprint density at radius 2 is 2.27 bits per heavy atom. The minimum absolute atomic E-state index is 0. The lowest BCUT2D eigenvalue weighted by atomic mass is 10.6. The van der Waals surface area contributed by atoms with Crippen LogP contribution in [0.25, 0.3) is 0 Å². The third-order valence-corrected chi connectivity index (χ3v) is 1.45. The molecular weight excluding hydrogens is 166 g/mol. The quantitative estimate of drug-likeness (QED) is 0.438. The number of rotatable bonds is 2. The lowest BCUT2D eigenvalue weighted by molar-refractivity contribution is -0.867. The van der Waals surface area contributed by atoms with E-state index < -0.39 is 0 Å². The first-order valence-corrected chi connectivity index (χ1v) is 3.52. The van der Waals surface area contributed by atoms with Crippen LogP contribution >= 0.6 is 0 Å². The van der Waals surface area contributed by atoms with Crippen LogP contribution in [0.15, 0.2) is 0 Å². The molecule has 0 aliphatic carbocycles. The van der Waals surface area contributed by atoms with Crippen LogP contribution < -0.4 is 22.6 Å². The van der Waals surface area contributed by atoms with Crippen molar-refractivity contribution in [1.29, 1.82) is 0 Å². The van der Waals surface area contributed by atoms with Crippen molar-refractivity contribution in [2.75, 3.05) is 33.9 Å². The van der Waals surface area contributed by atoms with Crippen molar-refractivity contribution in [1.82, 2.24) is 10.2 Å². The number of urea groups is 1. The third-order valence-electron chi connectivity index (χ3n) is 1.45. The zero-order valence-corrected chi connectivity index (χ0v) is 7.61. The van der Waals surface area contributed by atoms with Crippen LogP contribution in [-0.4, -0.2) is 44.8 Å². The van der Waals surface area contributed by atoms with Crippen molar-refractivity contribution in [3.63, 3.8) is 0 Å². The summed E-state index contributed by atoms with van der Waals surface area (Å²) in [5, 5.41) is 2.75. The summed E-state index contributed by atoms with van der Waals surface area (Å²) in [7, 11) is 4.07. The average Bonchev–Trinajstić information content (AvgIpc) is 2.15. The van der Waals surface area contributed by atoms with E-state index in [2.05, 4.69) is 5.32 Å². The molecule has 2 N–H and O–H groups in total. The van der Waals surface area contributed by atoms with Gasteiger partial charge in [-0.3, -0.25) is 4.90 Å². The first-order valence-electron chi connectivity index (χ1n) is 3.52. The van der Waals surface area contributed by atoms with Crippen LogP contribution in [-0.2, 0) is 0 Å². The number of quaternary nitrogens is 1. The molecule has 0 spiro atoms. The number of hydrogen-bond acceptors (Lipinski definition) is 1. The first kappa shape index (κ1) is 10.5. The number of nitrogens with one attached hydrogen (secondary N) is 2. The smallest absolute Gasteiger partial charge is 0.321 e. The van der Waals surface area contributed by atoms with Crippen molar-refractivity contribution in [3.8, 4) is 0 Å². The van der Waals surface area contributed by atoms with Gasteiger partial charge in [0.1, 0.15) is 0 Å². The largest absolute Gasteiger partial charge is 1.00 e. The van der Waals surface area contributed by atoms with Gasteiger partial charge in [-0.15, -0.1) is 0 Å². The van der Waals surface area contributed by atoms with Crippen LogP contribution in [0, 0.1) is 0 Å². The maximum absolute atomic E-state index is 10.9. The summed E-state index contributed by atoms with van der Waals surface area (Å²) in [6.07, 6.45) is 0. The van der Waals surface area contributed by atoms with E-state index in [0.29, 0.717) is 0 Å². The van der Waals surface area contributed by atoms with Gasteiger partial charge in [0.05, 0.1) is 14.1 Å². The van der Waals surface area contributed by atoms with Gasteiger partial charge in [0.15, 0.2) is 6.67 Å². The standard InChI is InChI=1S/C6H13N3O.ClH/c1-8(2)5-9-4-3-7-6(9)10;/h3-5H2,1-2H3,(H,7,10);1H. The number of carbonyl (C=O) groups excluding carboxylic acids is 1. The highest BCUT2D eigenvalue weighted by atomic mass is 35.5. The summed E-state index contributed by atoms with van der Waals surface area (Å²) in [4.78, 5) is 14.0. The molecule has 66 valence electrons. The molecule has 1 rings (SSSR count). The fraction of sp³-hybridized carbons (Fsp3) is 0.833. The average molecular weight is 180 g/mol. The van der Waals surface area contributed by atoms with Gasteiger partial charge in [0.25, 0.3) is 0 Å². The Kier molecular flexibility index (Phi) is 4.22. The van der Waals surface area contributed by atoms with Crippen LogP contribution in [0.3, 0.4) is 0 Å². The lowest BCUT2D eigenvalue weighted by Crippen LogP contribution is -3.07. The Bertz CT molecular complexity index is 140. The van der Waals surface area contributed by atoms with Crippen molar-refractivity contribution < 1.29 is 22.1 Å². The summed E-state index contributed by atoms with van der Waals surface area (Å²) < 4.78 is 0. The van der Waals surface area contributed by atoms with Crippen LogP contribution in [0.2, 0.25) is 0 Å². The van der Waals surface area contributed by atoms with Crippen LogP contribution in [0.1, 0.15) is 0 Å². The molecule has 1 aliphatic rings. The number of amides is 2. The molecule has 5 heteroatoms. The Morgan fingerprint density at radius 3 is 2.64 bits per heavy atom. The molecule has 0 aromatic carbocycles. The van der Waals surface area contributed by atoms with Gasteiger partial charge in [0.2, 0.25) is 0 Å². The normalized spacial score (nSPS) is 16.6. The maximum Gasteiger partial charge on any atom is 0.321 e. The monoisotopic (exact) mass is 179 g/mol. The molecule has 0 saturated carbocycles. The molecule has 11 heavy (non-hydrogen) atoms. The number of hydrogen-bond donors (Lipinski definition) is 2. The third kappa shape index (κ3) is 2.95. The van der Waals surface area contributed by atoms with Gasteiger partial charge in [-0.05, 0) is 0 Å². The topological polar surface area (TPSA) is 36.8 Å². The highest BCUT2D eigenvalue weighted by Crippen LogP contribution is 1.90. The molecule has 0 radical (unpaired) electrons. The van der Waals surface area contributed by atoms with Crippen LogP contribution in [0.5, 0.6) is 0 Å². The molecule has 0 unspecified atom stereocenters. The molecule has 0 atom stereocenters. The maximum atomic E-state index is 10.9. The van der Waals surface area contributed by atoms with E-state index in [9.17, 15) is 4.79 Å². The molecule has 0 bridgehead atoms. The summed E-state index contributed by atoms with van der Waals surface area (Å²) in [6, 6.07) is 0.0706. The van der Waals surface area contributed by atoms with E-state index in [-0.39, 0.29) is 18.4 Å². The molecule has 1 fully saturated rings. The molecule has 1 heterocycles. The summed E-state index contributed by atoms with van der Waals surface area (Å²) >= 11 is 0. The Labute approximate surface area is 72.9 Å². The fourth-order valence-corrected chi connectivity index (χ4v) is 1.04. The van der Waals surface area contributed by atoms with Gasteiger partial charge < -0.3 is 22.6 Å². The minimum atomic E-state index is 0. The molecule has 1 aliphatic heterocycles.